The van der Waals surface area contributed by atoms with Crippen molar-refractivity contribution in [2.45, 2.75) is 13.3 Å². The van der Waals surface area contributed by atoms with E-state index < -0.39 is 0 Å². The normalized spacial score (nSPS) is 10.5. The molecule has 0 saturated carbocycles. The Bertz CT molecular complexity index is 697. The van der Waals surface area contributed by atoms with Gasteiger partial charge in [0.25, 0.3) is 0 Å². The molecule has 0 atom stereocenters. The van der Waals surface area contributed by atoms with Gasteiger partial charge in [0.15, 0.2) is 0 Å². The molecule has 2 nitrogen and oxygen atoms in total. The Morgan fingerprint density at radius 3 is 1.74 bits per heavy atom. The third-order valence-electron chi connectivity index (χ3n) is 3.73. The van der Waals surface area contributed by atoms with E-state index in [1.807, 2.05) is 25.1 Å². The predicted octanol–water partition coefficient (Wildman–Crippen LogP) is 4.85. The molecule has 0 heterocycles. The van der Waals surface area contributed by atoms with E-state index in [0.29, 0.717) is 0 Å². The molecular formula is C21H21NO. The molecule has 0 aromatic heterocycles. The summed E-state index contributed by atoms with van der Waals surface area (Å²) in [5.41, 5.74) is 8.30. The summed E-state index contributed by atoms with van der Waals surface area (Å²) in [6.07, 6.45) is 0.961. The third kappa shape index (κ3) is 4.21. The molecule has 2 aliphatic rings. The van der Waals surface area contributed by atoms with Crippen LogP contribution in [0.2, 0.25) is 0 Å². The lowest BCUT2D eigenvalue weighted by atomic mass is 9.95. The second-order valence-corrected chi connectivity index (χ2v) is 5.48. The van der Waals surface area contributed by atoms with Gasteiger partial charge < -0.3 is 4.84 Å². The number of rotatable bonds is 5. The first-order chi connectivity index (χ1) is 11.3. The van der Waals surface area contributed by atoms with Gasteiger partial charge in [-0.1, -0.05) is 66.7 Å². The largest absolute Gasteiger partial charge is 0.409 e. The summed E-state index contributed by atoms with van der Waals surface area (Å²) in [5.74, 6) is 0.851. The van der Waals surface area contributed by atoms with E-state index in [2.05, 4.69) is 66.1 Å². The fraction of sp³-hybridized carbons (Fsp3) is 0.143. The number of fused-ring (bicyclic) bond motifs is 1. The van der Waals surface area contributed by atoms with Crippen LogP contribution in [0.4, 0.5) is 0 Å². The zero-order chi connectivity index (χ0) is 15.9. The van der Waals surface area contributed by atoms with Crippen LogP contribution in [0.15, 0.2) is 78.9 Å². The standard InChI is InChI=1S/C15H17NO.C6H4/c1-2-16-17-15-10-8-14(9-11-15)12-13-6-4-3-5-7-13;1-2-6-4-3-5(1)6/h3-11,16H,2,12H2,1H3;1-4H. The monoisotopic (exact) mass is 303 g/mol. The molecule has 2 aliphatic carbocycles. The highest BCUT2D eigenvalue weighted by Crippen LogP contribution is 2.29. The molecule has 0 aliphatic heterocycles. The van der Waals surface area contributed by atoms with Crippen LogP contribution in [0.25, 0.3) is 11.1 Å². The van der Waals surface area contributed by atoms with Crippen molar-refractivity contribution in [2.24, 2.45) is 0 Å². The molecule has 23 heavy (non-hydrogen) atoms. The van der Waals surface area contributed by atoms with E-state index in [9.17, 15) is 0 Å². The molecule has 0 saturated heterocycles. The predicted molar refractivity (Wildman–Crippen MR) is 95.4 cm³/mol. The minimum absolute atomic E-state index is 0.797. The van der Waals surface area contributed by atoms with Crippen molar-refractivity contribution >= 4 is 0 Å². The summed E-state index contributed by atoms with van der Waals surface area (Å²) in [5, 5.41) is 0. The second kappa shape index (κ2) is 7.61. The van der Waals surface area contributed by atoms with Crippen molar-refractivity contribution in [3.05, 3.63) is 90.0 Å². The molecule has 0 bridgehead atoms. The zero-order valence-corrected chi connectivity index (χ0v) is 13.3. The lowest BCUT2D eigenvalue weighted by Gasteiger charge is -2.10. The molecule has 2 heteroatoms. The van der Waals surface area contributed by atoms with Gasteiger partial charge in [-0.3, -0.25) is 0 Å². The van der Waals surface area contributed by atoms with E-state index in [0.717, 1.165) is 18.7 Å². The molecule has 0 amide bonds. The first kappa shape index (κ1) is 15.3. The van der Waals surface area contributed by atoms with Crippen molar-refractivity contribution in [3.8, 4) is 16.9 Å². The Morgan fingerprint density at radius 2 is 1.26 bits per heavy atom. The number of hydrogen-bond acceptors (Lipinski definition) is 2. The van der Waals surface area contributed by atoms with Crippen LogP contribution in [0, 0.1) is 0 Å². The summed E-state index contributed by atoms with van der Waals surface area (Å²) < 4.78 is 0. The van der Waals surface area contributed by atoms with Gasteiger partial charge in [0.05, 0.1) is 0 Å². The average molecular weight is 303 g/mol. The molecule has 2 aromatic rings. The highest BCUT2D eigenvalue weighted by atomic mass is 16.6. The fourth-order valence-electron chi connectivity index (χ4n) is 2.33. The zero-order valence-electron chi connectivity index (χ0n) is 13.3. The van der Waals surface area contributed by atoms with Crippen LogP contribution in [0.1, 0.15) is 18.1 Å². The molecule has 4 rings (SSSR count). The Hall–Kier alpha value is -2.58. The van der Waals surface area contributed by atoms with Crippen LogP contribution in [-0.2, 0) is 6.42 Å². The maximum absolute atomic E-state index is 5.31. The van der Waals surface area contributed by atoms with Crippen molar-refractivity contribution in [1.82, 2.24) is 5.48 Å². The van der Waals surface area contributed by atoms with Crippen LogP contribution in [0.5, 0.6) is 5.75 Å². The molecule has 116 valence electrons. The highest BCUT2D eigenvalue weighted by molar-refractivity contribution is 5.75. The maximum Gasteiger partial charge on any atom is 0.147 e. The van der Waals surface area contributed by atoms with Gasteiger partial charge >= 0.3 is 0 Å². The van der Waals surface area contributed by atoms with Crippen molar-refractivity contribution in [2.75, 3.05) is 6.54 Å². The fourth-order valence-corrected chi connectivity index (χ4v) is 2.33. The Morgan fingerprint density at radius 1 is 0.696 bits per heavy atom. The lowest BCUT2D eigenvalue weighted by molar-refractivity contribution is 0.202. The Balaban J connectivity index is 0.000000213. The quantitative estimate of drug-likeness (QED) is 0.532. The molecule has 2 aromatic carbocycles. The SMILES string of the molecule is CCNOc1ccc(Cc2ccccc2)cc1.c1cc2ccc1-2. The summed E-state index contributed by atoms with van der Waals surface area (Å²) in [4.78, 5) is 5.31. The van der Waals surface area contributed by atoms with Crippen LogP contribution < -0.4 is 10.3 Å². The van der Waals surface area contributed by atoms with Gasteiger partial charge in [-0.2, -0.15) is 5.48 Å². The van der Waals surface area contributed by atoms with Crippen molar-refractivity contribution < 1.29 is 4.84 Å². The summed E-state index contributed by atoms with van der Waals surface area (Å²) in [7, 11) is 0. The molecule has 0 spiro atoms. The minimum Gasteiger partial charge on any atom is -0.409 e. The van der Waals surface area contributed by atoms with Gasteiger partial charge in [-0.25, -0.2) is 0 Å². The van der Waals surface area contributed by atoms with Crippen molar-refractivity contribution in [1.29, 1.82) is 0 Å². The van der Waals surface area contributed by atoms with Gasteiger partial charge in [0.1, 0.15) is 5.75 Å². The van der Waals surface area contributed by atoms with E-state index in [4.69, 9.17) is 4.84 Å². The highest BCUT2D eigenvalue weighted by Gasteiger charge is 2.04. The Labute approximate surface area is 137 Å². The first-order valence-electron chi connectivity index (χ1n) is 7.98. The molecule has 0 radical (unpaired) electrons. The van der Waals surface area contributed by atoms with E-state index in [1.165, 1.54) is 22.3 Å². The number of hydroxylamine groups is 1. The Kier molecular flexibility index (Phi) is 5.07. The summed E-state index contributed by atoms with van der Waals surface area (Å²) in [6.45, 7) is 2.80. The molecule has 1 N–H and O–H groups in total. The van der Waals surface area contributed by atoms with E-state index in [1.54, 1.807) is 0 Å². The van der Waals surface area contributed by atoms with Gasteiger partial charge in [0.2, 0.25) is 0 Å². The van der Waals surface area contributed by atoms with Crippen LogP contribution >= 0.6 is 0 Å². The second-order valence-electron chi connectivity index (χ2n) is 5.48. The van der Waals surface area contributed by atoms with Crippen LogP contribution in [-0.4, -0.2) is 6.54 Å². The van der Waals surface area contributed by atoms with Crippen molar-refractivity contribution in [3.63, 3.8) is 0 Å². The average Bonchev–Trinajstić information content (AvgIpc) is 2.59. The van der Waals surface area contributed by atoms with Crippen LogP contribution in [0.3, 0.4) is 0 Å². The lowest BCUT2D eigenvalue weighted by Crippen LogP contribution is -2.16. The van der Waals surface area contributed by atoms with E-state index in [-0.39, 0.29) is 0 Å². The van der Waals surface area contributed by atoms with Gasteiger partial charge in [0, 0.05) is 6.54 Å². The summed E-state index contributed by atoms with van der Waals surface area (Å²) >= 11 is 0. The number of hydrogen-bond donors (Lipinski definition) is 1. The van der Waals surface area contributed by atoms with Gasteiger partial charge in [-0.15, -0.1) is 0 Å². The smallest absolute Gasteiger partial charge is 0.147 e. The maximum atomic E-state index is 5.31. The number of nitrogens with one attached hydrogen (secondary N) is 1. The third-order valence-corrected chi connectivity index (χ3v) is 3.73. The minimum atomic E-state index is 0.797. The first-order valence-corrected chi connectivity index (χ1v) is 7.98. The summed E-state index contributed by atoms with van der Waals surface area (Å²) in [6, 6.07) is 27.1. The number of benzene rings is 3. The molecule has 0 unspecified atom stereocenters. The topological polar surface area (TPSA) is 21.3 Å². The van der Waals surface area contributed by atoms with E-state index >= 15 is 0 Å². The molecular weight excluding hydrogens is 282 g/mol. The van der Waals surface area contributed by atoms with Gasteiger partial charge in [-0.05, 0) is 47.7 Å². The molecule has 0 fully saturated rings.